The lowest BCUT2D eigenvalue weighted by molar-refractivity contribution is 0.0697. The SMILES string of the molecule is COc1ccc(CN2C(=S)N[C@@H](c3ccccn3)[C@H]2c2ccc(-c3cc(C(=O)O)ccc3Cl)o2)cc1. The monoisotopic (exact) mass is 519 g/mol. The van der Waals surface area contributed by atoms with Crippen molar-refractivity contribution < 1.29 is 19.1 Å². The molecule has 182 valence electrons. The van der Waals surface area contributed by atoms with Gasteiger partial charge >= 0.3 is 5.97 Å². The summed E-state index contributed by atoms with van der Waals surface area (Å²) in [5, 5.41) is 13.8. The molecule has 0 aliphatic carbocycles. The standard InChI is InChI=1S/C27H22ClN3O4S/c1-34-18-8-5-16(6-9-18)15-31-25(24(30-27(31)36)21-4-2-3-13-29-21)23-12-11-22(35-23)19-14-17(26(32)33)7-10-20(19)28/h2-14,24-25H,15H2,1H3,(H,30,36)(H,32,33)/t24-,25+/m0/s1. The smallest absolute Gasteiger partial charge is 0.335 e. The minimum Gasteiger partial charge on any atom is -0.497 e. The number of ether oxygens (including phenoxy) is 1. The number of furan rings is 1. The highest BCUT2D eigenvalue weighted by molar-refractivity contribution is 7.80. The highest BCUT2D eigenvalue weighted by atomic mass is 35.5. The molecule has 2 aromatic carbocycles. The number of nitrogens with one attached hydrogen (secondary N) is 1. The molecule has 1 saturated heterocycles. The number of aromatic nitrogens is 1. The van der Waals surface area contributed by atoms with Gasteiger partial charge in [0.05, 0.1) is 29.4 Å². The predicted octanol–water partition coefficient (Wildman–Crippen LogP) is 5.87. The van der Waals surface area contributed by atoms with E-state index < -0.39 is 5.97 Å². The number of thiocarbonyl (C=S) groups is 1. The van der Waals surface area contributed by atoms with E-state index in [9.17, 15) is 9.90 Å². The van der Waals surface area contributed by atoms with E-state index in [4.69, 9.17) is 33.0 Å². The topological polar surface area (TPSA) is 87.8 Å². The maximum absolute atomic E-state index is 11.5. The zero-order chi connectivity index (χ0) is 25.2. The second-order valence-corrected chi connectivity index (χ2v) is 9.10. The fourth-order valence-electron chi connectivity index (χ4n) is 4.32. The van der Waals surface area contributed by atoms with Crippen LogP contribution in [0.2, 0.25) is 5.02 Å². The molecule has 1 aliphatic heterocycles. The van der Waals surface area contributed by atoms with Crippen molar-refractivity contribution in [1.82, 2.24) is 15.2 Å². The van der Waals surface area contributed by atoms with Gasteiger partial charge in [-0.25, -0.2) is 4.79 Å². The number of hydrogen-bond donors (Lipinski definition) is 2. The van der Waals surface area contributed by atoms with Crippen LogP contribution in [0.1, 0.15) is 39.5 Å². The molecular weight excluding hydrogens is 498 g/mol. The number of benzene rings is 2. The van der Waals surface area contributed by atoms with E-state index in [1.165, 1.54) is 12.1 Å². The fourth-order valence-corrected chi connectivity index (χ4v) is 4.83. The third-order valence-electron chi connectivity index (χ3n) is 6.11. The molecule has 2 aromatic heterocycles. The maximum Gasteiger partial charge on any atom is 0.335 e. The average Bonchev–Trinajstić information content (AvgIpc) is 3.50. The van der Waals surface area contributed by atoms with Crippen LogP contribution in [0.25, 0.3) is 11.3 Å². The molecule has 1 fully saturated rings. The molecule has 0 bridgehead atoms. The molecule has 36 heavy (non-hydrogen) atoms. The first kappa shape index (κ1) is 23.8. The van der Waals surface area contributed by atoms with Crippen LogP contribution in [0.15, 0.2) is 83.4 Å². The van der Waals surface area contributed by atoms with Crippen molar-refractivity contribution in [2.75, 3.05) is 7.11 Å². The molecule has 0 spiro atoms. The third-order valence-corrected chi connectivity index (χ3v) is 6.79. The molecule has 0 unspecified atom stereocenters. The van der Waals surface area contributed by atoms with Crippen molar-refractivity contribution in [2.45, 2.75) is 18.6 Å². The van der Waals surface area contributed by atoms with Crippen LogP contribution >= 0.6 is 23.8 Å². The van der Waals surface area contributed by atoms with Gasteiger partial charge in [-0.05, 0) is 72.4 Å². The number of methoxy groups -OCH3 is 1. The predicted molar refractivity (Wildman–Crippen MR) is 140 cm³/mol. The zero-order valence-corrected chi connectivity index (χ0v) is 20.8. The van der Waals surface area contributed by atoms with Crippen molar-refractivity contribution >= 4 is 34.9 Å². The second kappa shape index (κ2) is 10.0. The Morgan fingerprint density at radius 2 is 1.97 bits per heavy atom. The molecule has 2 atom stereocenters. The maximum atomic E-state index is 11.5. The van der Waals surface area contributed by atoms with E-state index in [1.54, 1.807) is 25.4 Å². The third kappa shape index (κ3) is 4.65. The Balaban J connectivity index is 1.54. The van der Waals surface area contributed by atoms with Crippen LogP contribution in [0.4, 0.5) is 0 Å². The van der Waals surface area contributed by atoms with Crippen molar-refractivity contribution in [3.05, 3.63) is 107 Å². The van der Waals surface area contributed by atoms with Gasteiger partial charge in [0.2, 0.25) is 0 Å². The van der Waals surface area contributed by atoms with Gasteiger partial charge in [0.15, 0.2) is 5.11 Å². The highest BCUT2D eigenvalue weighted by Gasteiger charge is 2.41. The van der Waals surface area contributed by atoms with Gasteiger partial charge in [-0.15, -0.1) is 0 Å². The summed E-state index contributed by atoms with van der Waals surface area (Å²) >= 11 is 12.1. The normalized spacial score (nSPS) is 17.2. The van der Waals surface area contributed by atoms with E-state index in [-0.39, 0.29) is 17.6 Å². The van der Waals surface area contributed by atoms with E-state index in [0.29, 0.717) is 33.8 Å². The van der Waals surface area contributed by atoms with Crippen molar-refractivity contribution in [3.8, 4) is 17.1 Å². The molecule has 5 rings (SSSR count). The number of hydrogen-bond acceptors (Lipinski definition) is 5. The van der Waals surface area contributed by atoms with E-state index >= 15 is 0 Å². The first-order valence-corrected chi connectivity index (χ1v) is 12.0. The van der Waals surface area contributed by atoms with Crippen molar-refractivity contribution in [3.63, 3.8) is 0 Å². The second-order valence-electron chi connectivity index (χ2n) is 8.30. The number of carbonyl (C=O) groups is 1. The number of nitrogens with zero attached hydrogens (tertiary/aromatic N) is 2. The summed E-state index contributed by atoms with van der Waals surface area (Å²) in [5.74, 6) is 0.865. The van der Waals surface area contributed by atoms with Crippen LogP contribution in [-0.4, -0.2) is 33.2 Å². The minimum atomic E-state index is -1.04. The molecule has 9 heteroatoms. The van der Waals surface area contributed by atoms with Gasteiger partial charge in [0.1, 0.15) is 23.3 Å². The van der Waals surface area contributed by atoms with E-state index in [0.717, 1.165) is 17.0 Å². The van der Waals surface area contributed by atoms with E-state index in [2.05, 4.69) is 15.2 Å². The van der Waals surface area contributed by atoms with Gasteiger partial charge in [-0.2, -0.15) is 0 Å². The Kier molecular flexibility index (Phi) is 6.63. The van der Waals surface area contributed by atoms with Crippen LogP contribution in [0.5, 0.6) is 5.75 Å². The largest absolute Gasteiger partial charge is 0.497 e. The number of halogens is 1. The summed E-state index contributed by atoms with van der Waals surface area (Å²) in [7, 11) is 1.63. The lowest BCUT2D eigenvalue weighted by atomic mass is 10.0. The van der Waals surface area contributed by atoms with Crippen LogP contribution in [0, 0.1) is 0 Å². The Morgan fingerprint density at radius 1 is 1.17 bits per heavy atom. The molecule has 7 nitrogen and oxygen atoms in total. The number of pyridine rings is 1. The Hall–Kier alpha value is -3.88. The van der Waals surface area contributed by atoms with Crippen LogP contribution in [-0.2, 0) is 6.54 Å². The Labute approximate surface area is 218 Å². The molecular formula is C27H22ClN3O4S. The van der Waals surface area contributed by atoms with Gasteiger partial charge in [0, 0.05) is 18.3 Å². The van der Waals surface area contributed by atoms with Gasteiger partial charge < -0.3 is 24.5 Å². The highest BCUT2D eigenvalue weighted by Crippen LogP contribution is 2.42. The molecule has 1 aliphatic rings. The van der Waals surface area contributed by atoms with Gasteiger partial charge in [-0.3, -0.25) is 4.98 Å². The molecule has 0 radical (unpaired) electrons. The van der Waals surface area contributed by atoms with Gasteiger partial charge in [0.25, 0.3) is 0 Å². The summed E-state index contributed by atoms with van der Waals surface area (Å²) in [5.41, 5.74) is 2.51. The van der Waals surface area contributed by atoms with Crippen LogP contribution in [0.3, 0.4) is 0 Å². The lowest BCUT2D eigenvalue weighted by Gasteiger charge is -2.26. The summed E-state index contributed by atoms with van der Waals surface area (Å²) in [6.07, 6.45) is 1.74. The van der Waals surface area contributed by atoms with Crippen molar-refractivity contribution in [2.24, 2.45) is 0 Å². The number of carboxylic acid groups (broad SMARTS) is 1. The first-order valence-electron chi connectivity index (χ1n) is 11.2. The summed E-state index contributed by atoms with van der Waals surface area (Å²) in [4.78, 5) is 18.1. The minimum absolute atomic E-state index is 0.128. The van der Waals surface area contributed by atoms with Crippen LogP contribution < -0.4 is 10.1 Å². The molecule has 4 aromatic rings. The zero-order valence-electron chi connectivity index (χ0n) is 19.2. The average molecular weight is 520 g/mol. The quantitative estimate of drug-likeness (QED) is 0.293. The van der Waals surface area contributed by atoms with Crippen molar-refractivity contribution in [1.29, 1.82) is 0 Å². The molecule has 0 amide bonds. The molecule has 2 N–H and O–H groups in total. The Bertz CT molecular complexity index is 1410. The fraction of sp³-hybridized carbons (Fsp3) is 0.148. The number of aromatic carboxylic acids is 1. The lowest BCUT2D eigenvalue weighted by Crippen LogP contribution is -2.29. The number of carboxylic acids is 1. The van der Waals surface area contributed by atoms with Gasteiger partial charge in [-0.1, -0.05) is 29.8 Å². The number of rotatable bonds is 7. The summed E-state index contributed by atoms with van der Waals surface area (Å²) in [6.45, 7) is 0.537. The van der Waals surface area contributed by atoms with E-state index in [1.807, 2.05) is 48.5 Å². The summed E-state index contributed by atoms with van der Waals surface area (Å²) in [6, 6.07) is 21.2. The first-order chi connectivity index (χ1) is 17.4. The summed E-state index contributed by atoms with van der Waals surface area (Å²) < 4.78 is 11.6. The Morgan fingerprint density at radius 3 is 2.67 bits per heavy atom. The molecule has 3 heterocycles. The molecule has 0 saturated carbocycles.